The molecule has 1 aliphatic rings. The molecule has 1 fully saturated rings. The van der Waals surface area contributed by atoms with Crippen LogP contribution in [0.3, 0.4) is 0 Å². The van der Waals surface area contributed by atoms with Gasteiger partial charge in [0.1, 0.15) is 11.4 Å². The molecule has 0 aliphatic carbocycles. The van der Waals surface area contributed by atoms with Gasteiger partial charge in [0.25, 0.3) is 0 Å². The molecule has 0 saturated carbocycles. The number of piperidine rings is 1. The van der Waals surface area contributed by atoms with E-state index < -0.39 is 5.60 Å². The molecule has 1 aromatic rings. The lowest BCUT2D eigenvalue weighted by Gasteiger charge is -2.34. The lowest BCUT2D eigenvalue weighted by atomic mass is 10.1. The Labute approximate surface area is 125 Å². The van der Waals surface area contributed by atoms with Crippen LogP contribution in [0.5, 0.6) is 0 Å². The first-order valence-corrected chi connectivity index (χ1v) is 7.34. The van der Waals surface area contributed by atoms with E-state index in [2.05, 4.69) is 5.32 Å². The third-order valence-corrected chi connectivity index (χ3v) is 3.31. The third kappa shape index (κ3) is 4.62. The van der Waals surface area contributed by atoms with Crippen LogP contribution in [0.4, 0.5) is 14.9 Å². The van der Waals surface area contributed by atoms with Gasteiger partial charge in [-0.25, -0.2) is 9.18 Å². The quantitative estimate of drug-likeness (QED) is 0.905. The largest absolute Gasteiger partial charge is 0.444 e. The summed E-state index contributed by atoms with van der Waals surface area (Å²) in [6.07, 6.45) is 1.49. The maximum Gasteiger partial charge on any atom is 0.410 e. The monoisotopic (exact) mass is 294 g/mol. The van der Waals surface area contributed by atoms with Gasteiger partial charge in [-0.15, -0.1) is 0 Å². The number of hydrogen-bond acceptors (Lipinski definition) is 3. The van der Waals surface area contributed by atoms with Crippen molar-refractivity contribution < 1.29 is 13.9 Å². The molecule has 21 heavy (non-hydrogen) atoms. The van der Waals surface area contributed by atoms with Gasteiger partial charge in [-0.05, 0) is 45.7 Å². The Morgan fingerprint density at radius 3 is 2.76 bits per heavy atom. The smallest absolute Gasteiger partial charge is 0.410 e. The average molecular weight is 294 g/mol. The van der Waals surface area contributed by atoms with Crippen LogP contribution < -0.4 is 5.32 Å². The Balaban J connectivity index is 1.95. The highest BCUT2D eigenvalue weighted by Gasteiger charge is 2.27. The molecule has 1 unspecified atom stereocenters. The van der Waals surface area contributed by atoms with E-state index in [0.29, 0.717) is 18.8 Å². The molecule has 0 spiro atoms. The molecule has 0 aromatic heterocycles. The van der Waals surface area contributed by atoms with Crippen LogP contribution in [0.2, 0.25) is 0 Å². The van der Waals surface area contributed by atoms with E-state index in [-0.39, 0.29) is 18.0 Å². The zero-order valence-corrected chi connectivity index (χ0v) is 12.9. The highest BCUT2D eigenvalue weighted by atomic mass is 19.1. The van der Waals surface area contributed by atoms with Gasteiger partial charge in [-0.1, -0.05) is 12.1 Å². The molecular weight excluding hydrogens is 271 g/mol. The molecule has 116 valence electrons. The van der Waals surface area contributed by atoms with Crippen molar-refractivity contribution in [2.45, 2.75) is 45.3 Å². The minimum atomic E-state index is -0.497. The van der Waals surface area contributed by atoms with Gasteiger partial charge >= 0.3 is 6.09 Å². The number of para-hydroxylation sites is 1. The summed E-state index contributed by atoms with van der Waals surface area (Å²) in [7, 11) is 0. The molecule has 1 amide bonds. The first-order chi connectivity index (χ1) is 9.85. The van der Waals surface area contributed by atoms with E-state index in [9.17, 15) is 9.18 Å². The number of rotatable bonds is 2. The van der Waals surface area contributed by atoms with Crippen molar-refractivity contribution in [2.75, 3.05) is 18.4 Å². The number of carbonyl (C=O) groups excluding carboxylic acids is 1. The summed E-state index contributed by atoms with van der Waals surface area (Å²) in [6.45, 7) is 6.77. The van der Waals surface area contributed by atoms with Gasteiger partial charge in [0.2, 0.25) is 0 Å². The maximum absolute atomic E-state index is 13.7. The van der Waals surface area contributed by atoms with Crippen LogP contribution in [-0.2, 0) is 4.74 Å². The van der Waals surface area contributed by atoms with Gasteiger partial charge < -0.3 is 15.0 Å². The highest BCUT2D eigenvalue weighted by molar-refractivity contribution is 5.68. The number of anilines is 1. The fraction of sp³-hybridized carbons (Fsp3) is 0.562. The van der Waals surface area contributed by atoms with Crippen LogP contribution in [-0.4, -0.2) is 35.7 Å². The van der Waals surface area contributed by atoms with Gasteiger partial charge in [-0.3, -0.25) is 0 Å². The zero-order valence-electron chi connectivity index (χ0n) is 12.9. The zero-order chi connectivity index (χ0) is 15.5. The third-order valence-electron chi connectivity index (χ3n) is 3.31. The minimum absolute atomic E-state index is 0.0446. The number of likely N-dealkylation sites (tertiary alicyclic amines) is 1. The molecule has 1 saturated heterocycles. The van der Waals surface area contributed by atoms with Crippen LogP contribution in [0.25, 0.3) is 0 Å². The fourth-order valence-corrected chi connectivity index (χ4v) is 2.39. The van der Waals surface area contributed by atoms with Crippen molar-refractivity contribution in [3.8, 4) is 0 Å². The minimum Gasteiger partial charge on any atom is -0.444 e. The molecule has 1 N–H and O–H groups in total. The summed E-state index contributed by atoms with van der Waals surface area (Å²) < 4.78 is 19.0. The maximum atomic E-state index is 13.7. The summed E-state index contributed by atoms with van der Waals surface area (Å²) in [5.41, 5.74) is -0.0169. The number of nitrogens with one attached hydrogen (secondary N) is 1. The molecule has 1 aliphatic heterocycles. The van der Waals surface area contributed by atoms with Crippen molar-refractivity contribution in [2.24, 2.45) is 0 Å². The van der Waals surface area contributed by atoms with E-state index in [1.807, 2.05) is 20.8 Å². The number of ether oxygens (including phenoxy) is 1. The Bertz CT molecular complexity index is 499. The number of halogens is 1. The van der Waals surface area contributed by atoms with Gasteiger partial charge in [-0.2, -0.15) is 0 Å². The predicted octanol–water partition coefficient (Wildman–Crippen LogP) is 3.64. The lowest BCUT2D eigenvalue weighted by molar-refractivity contribution is 0.0206. The van der Waals surface area contributed by atoms with E-state index in [1.165, 1.54) is 6.07 Å². The second-order valence-electron chi connectivity index (χ2n) is 6.39. The molecule has 0 bridgehead atoms. The lowest BCUT2D eigenvalue weighted by Crippen LogP contribution is -2.47. The first kappa shape index (κ1) is 15.6. The molecule has 5 heteroatoms. The standard InChI is InChI=1S/C16H23FN2O2/c1-16(2,3)21-15(20)19-10-6-7-12(11-19)18-14-9-5-4-8-13(14)17/h4-5,8-9,12,18H,6-7,10-11H2,1-3H3. The number of nitrogens with zero attached hydrogens (tertiary/aromatic N) is 1. The molecule has 4 nitrogen and oxygen atoms in total. The highest BCUT2D eigenvalue weighted by Crippen LogP contribution is 2.20. The van der Waals surface area contributed by atoms with Crippen molar-refractivity contribution in [3.05, 3.63) is 30.1 Å². The van der Waals surface area contributed by atoms with Crippen LogP contribution >= 0.6 is 0 Å². The van der Waals surface area contributed by atoms with E-state index >= 15 is 0 Å². The summed E-state index contributed by atoms with van der Waals surface area (Å²) >= 11 is 0. The summed E-state index contributed by atoms with van der Waals surface area (Å²) in [6, 6.07) is 6.63. The SMILES string of the molecule is CC(C)(C)OC(=O)N1CCCC(Nc2ccccc2F)C1. The molecule has 1 heterocycles. The molecule has 2 rings (SSSR count). The first-order valence-electron chi connectivity index (χ1n) is 7.34. The van der Waals surface area contributed by atoms with E-state index in [4.69, 9.17) is 4.74 Å². The van der Waals surface area contributed by atoms with Gasteiger partial charge in [0.05, 0.1) is 5.69 Å². The van der Waals surface area contributed by atoms with Crippen molar-refractivity contribution in [1.29, 1.82) is 0 Å². The summed E-state index contributed by atoms with van der Waals surface area (Å²) in [5.74, 6) is -0.271. The normalized spacial score (nSPS) is 19.2. The molecule has 1 atom stereocenters. The number of carbonyl (C=O) groups is 1. The van der Waals surface area contributed by atoms with Crippen molar-refractivity contribution in [3.63, 3.8) is 0 Å². The molecule has 0 radical (unpaired) electrons. The fourth-order valence-electron chi connectivity index (χ4n) is 2.39. The van der Waals surface area contributed by atoms with Crippen molar-refractivity contribution in [1.82, 2.24) is 4.90 Å². The Kier molecular flexibility index (Phi) is 4.70. The number of benzene rings is 1. The second-order valence-corrected chi connectivity index (χ2v) is 6.39. The molecular formula is C16H23FN2O2. The van der Waals surface area contributed by atoms with Crippen LogP contribution in [0, 0.1) is 5.82 Å². The predicted molar refractivity (Wildman–Crippen MR) is 80.9 cm³/mol. The summed E-state index contributed by atoms with van der Waals surface area (Å²) in [4.78, 5) is 13.8. The average Bonchev–Trinajstić information content (AvgIpc) is 2.40. The Morgan fingerprint density at radius 2 is 2.10 bits per heavy atom. The Hall–Kier alpha value is -1.78. The van der Waals surface area contributed by atoms with Gasteiger partial charge in [0.15, 0.2) is 0 Å². The van der Waals surface area contributed by atoms with Crippen molar-refractivity contribution >= 4 is 11.8 Å². The number of hydrogen-bond donors (Lipinski definition) is 1. The molecule has 1 aromatic carbocycles. The van der Waals surface area contributed by atoms with Crippen LogP contribution in [0.15, 0.2) is 24.3 Å². The van der Waals surface area contributed by atoms with Crippen LogP contribution in [0.1, 0.15) is 33.6 Å². The summed E-state index contributed by atoms with van der Waals surface area (Å²) in [5, 5.41) is 3.17. The Morgan fingerprint density at radius 1 is 1.38 bits per heavy atom. The van der Waals surface area contributed by atoms with E-state index in [0.717, 1.165) is 12.8 Å². The van der Waals surface area contributed by atoms with Gasteiger partial charge in [0, 0.05) is 19.1 Å². The van der Waals surface area contributed by atoms with E-state index in [1.54, 1.807) is 23.1 Å². The number of amides is 1. The topological polar surface area (TPSA) is 41.6 Å². The second kappa shape index (κ2) is 6.33.